The molecule has 0 radical (unpaired) electrons. The molecule has 1 rings (SSSR count). The highest BCUT2D eigenvalue weighted by atomic mass is 16.6. The lowest BCUT2D eigenvalue weighted by atomic mass is 9.81. The van der Waals surface area contributed by atoms with Gasteiger partial charge in [-0.3, -0.25) is 10.1 Å². The summed E-state index contributed by atoms with van der Waals surface area (Å²) < 4.78 is 0. The summed E-state index contributed by atoms with van der Waals surface area (Å²) in [6.07, 6.45) is 0. The van der Waals surface area contributed by atoms with Gasteiger partial charge in [0.05, 0.1) is 28.2 Å². The topological polar surface area (TPSA) is 101 Å². The molecule has 1 aromatic carbocycles. The molecule has 0 amide bonds. The van der Waals surface area contributed by atoms with E-state index in [-0.39, 0.29) is 22.4 Å². The number of nitro groups is 1. The third kappa shape index (κ3) is 2.48. The van der Waals surface area contributed by atoms with Crippen molar-refractivity contribution >= 4 is 11.7 Å². The Balaban J connectivity index is 3.77. The van der Waals surface area contributed by atoms with Crippen LogP contribution in [0, 0.1) is 10.1 Å². The summed E-state index contributed by atoms with van der Waals surface area (Å²) in [5.41, 5.74) is -0.876. The molecule has 0 unspecified atom stereocenters. The minimum atomic E-state index is -1.22. The third-order valence-corrected chi connectivity index (χ3v) is 2.59. The third-order valence-electron chi connectivity index (χ3n) is 2.59. The van der Waals surface area contributed by atoms with Crippen LogP contribution >= 0.6 is 0 Å². The van der Waals surface area contributed by atoms with Crippen molar-refractivity contribution < 1.29 is 19.9 Å². The molecule has 0 bridgehead atoms. The Bertz CT molecular complexity index is 502. The molecule has 1 aromatic rings. The van der Waals surface area contributed by atoms with Gasteiger partial charge in [0, 0.05) is 0 Å². The van der Waals surface area contributed by atoms with Gasteiger partial charge in [-0.1, -0.05) is 20.8 Å². The number of carboxylic acid groups (broad SMARTS) is 1. The Labute approximate surface area is 104 Å². The predicted molar refractivity (Wildman–Crippen MR) is 64.7 cm³/mol. The monoisotopic (exact) mass is 253 g/mol. The molecule has 0 aliphatic heterocycles. The van der Waals surface area contributed by atoms with E-state index < -0.39 is 22.9 Å². The minimum absolute atomic E-state index is 0.105. The molecule has 0 aromatic heterocycles. The first-order chi connectivity index (χ1) is 8.20. The first-order valence-corrected chi connectivity index (χ1v) is 5.35. The minimum Gasteiger partial charge on any atom is -0.478 e. The smallest absolute Gasteiger partial charge is 0.336 e. The lowest BCUT2D eigenvalue weighted by Crippen LogP contribution is -2.20. The van der Waals surface area contributed by atoms with Crippen molar-refractivity contribution in [3.05, 3.63) is 38.9 Å². The van der Waals surface area contributed by atoms with E-state index in [9.17, 15) is 14.9 Å². The number of aliphatic hydroxyl groups is 1. The van der Waals surface area contributed by atoms with Gasteiger partial charge >= 0.3 is 5.97 Å². The molecule has 98 valence electrons. The molecule has 0 aliphatic carbocycles. The fourth-order valence-electron chi connectivity index (χ4n) is 1.91. The van der Waals surface area contributed by atoms with Crippen LogP contribution < -0.4 is 0 Å². The van der Waals surface area contributed by atoms with E-state index in [1.165, 1.54) is 12.1 Å². The van der Waals surface area contributed by atoms with Gasteiger partial charge in [-0.05, 0) is 17.5 Å². The van der Waals surface area contributed by atoms with Gasteiger partial charge in [-0.25, -0.2) is 4.79 Å². The van der Waals surface area contributed by atoms with E-state index >= 15 is 0 Å². The molecule has 0 spiro atoms. The Hall–Kier alpha value is -1.95. The Kier molecular flexibility index (Phi) is 3.71. The van der Waals surface area contributed by atoms with Crippen LogP contribution in [0.4, 0.5) is 5.69 Å². The second-order valence-corrected chi connectivity index (χ2v) is 4.97. The Morgan fingerprint density at radius 2 is 1.94 bits per heavy atom. The maximum atomic E-state index is 11.2. The molecule has 0 heterocycles. The number of nitrogens with zero attached hydrogens (tertiary/aromatic N) is 1. The molecule has 2 N–H and O–H groups in total. The average Bonchev–Trinajstić information content (AvgIpc) is 2.25. The predicted octanol–water partition coefficient (Wildman–Crippen LogP) is 2.08. The summed E-state index contributed by atoms with van der Waals surface area (Å²) in [7, 11) is 0. The molecule has 0 fully saturated rings. The van der Waals surface area contributed by atoms with Crippen molar-refractivity contribution in [3.8, 4) is 0 Å². The number of rotatable bonds is 3. The highest BCUT2D eigenvalue weighted by Gasteiger charge is 2.33. The summed E-state index contributed by atoms with van der Waals surface area (Å²) in [5.74, 6) is -1.22. The van der Waals surface area contributed by atoms with Crippen molar-refractivity contribution in [2.24, 2.45) is 0 Å². The van der Waals surface area contributed by atoms with E-state index in [4.69, 9.17) is 10.2 Å². The van der Waals surface area contributed by atoms with Crippen LogP contribution in [0.25, 0.3) is 0 Å². The lowest BCUT2D eigenvalue weighted by Gasteiger charge is -2.22. The summed E-state index contributed by atoms with van der Waals surface area (Å²) in [6, 6.07) is 2.57. The van der Waals surface area contributed by atoms with Crippen LogP contribution in [0.2, 0.25) is 0 Å². The molecular formula is C12H15NO5. The van der Waals surface area contributed by atoms with Gasteiger partial charge in [0.2, 0.25) is 0 Å². The van der Waals surface area contributed by atoms with Gasteiger partial charge in [0.25, 0.3) is 5.69 Å². The summed E-state index contributed by atoms with van der Waals surface area (Å²) in [4.78, 5) is 21.6. The first kappa shape index (κ1) is 14.1. The van der Waals surface area contributed by atoms with Crippen LogP contribution in [0.15, 0.2) is 12.1 Å². The van der Waals surface area contributed by atoms with E-state index in [0.717, 1.165) is 0 Å². The number of hydrogen-bond acceptors (Lipinski definition) is 4. The normalized spacial score (nSPS) is 11.3. The van der Waals surface area contributed by atoms with E-state index in [2.05, 4.69) is 0 Å². The summed E-state index contributed by atoms with van der Waals surface area (Å²) in [6.45, 7) is 4.59. The second-order valence-electron chi connectivity index (χ2n) is 4.97. The Morgan fingerprint density at radius 1 is 1.39 bits per heavy atom. The Morgan fingerprint density at radius 3 is 2.28 bits per heavy atom. The van der Waals surface area contributed by atoms with Crippen molar-refractivity contribution in [3.63, 3.8) is 0 Å². The van der Waals surface area contributed by atoms with Gasteiger partial charge in [0.15, 0.2) is 0 Å². The molecule has 0 aliphatic rings. The fourth-order valence-corrected chi connectivity index (χ4v) is 1.91. The highest BCUT2D eigenvalue weighted by molar-refractivity contribution is 5.91. The average molecular weight is 253 g/mol. The lowest BCUT2D eigenvalue weighted by molar-refractivity contribution is -0.387. The number of carboxylic acids is 1. The van der Waals surface area contributed by atoms with Gasteiger partial charge in [0.1, 0.15) is 0 Å². The first-order valence-electron chi connectivity index (χ1n) is 5.35. The van der Waals surface area contributed by atoms with Gasteiger partial charge in [-0.2, -0.15) is 0 Å². The molecule has 0 saturated heterocycles. The zero-order valence-corrected chi connectivity index (χ0v) is 10.4. The molecule has 0 saturated carbocycles. The van der Waals surface area contributed by atoms with Crippen LogP contribution in [0.3, 0.4) is 0 Å². The van der Waals surface area contributed by atoms with E-state index in [0.29, 0.717) is 0 Å². The molecule has 6 nitrogen and oxygen atoms in total. The SMILES string of the molecule is CC(C)(C)c1c(C(=O)O)ccc(CO)c1[N+](=O)[O-]. The molecule has 0 atom stereocenters. The number of aliphatic hydroxyl groups excluding tert-OH is 1. The van der Waals surface area contributed by atoms with Crippen molar-refractivity contribution in [1.29, 1.82) is 0 Å². The zero-order chi connectivity index (χ0) is 14.1. The van der Waals surface area contributed by atoms with Crippen LogP contribution in [-0.2, 0) is 12.0 Å². The number of aromatic carboxylic acids is 1. The van der Waals surface area contributed by atoms with E-state index in [1.807, 2.05) is 0 Å². The maximum Gasteiger partial charge on any atom is 0.336 e. The van der Waals surface area contributed by atoms with Crippen LogP contribution in [0.5, 0.6) is 0 Å². The van der Waals surface area contributed by atoms with Gasteiger partial charge < -0.3 is 10.2 Å². The quantitative estimate of drug-likeness (QED) is 0.634. The summed E-state index contributed by atoms with van der Waals surface area (Å²) in [5, 5.41) is 29.4. The largest absolute Gasteiger partial charge is 0.478 e. The fraction of sp³-hybridized carbons (Fsp3) is 0.417. The van der Waals surface area contributed by atoms with Crippen LogP contribution in [-0.4, -0.2) is 21.1 Å². The van der Waals surface area contributed by atoms with Crippen molar-refractivity contribution in [1.82, 2.24) is 0 Å². The number of nitro benzene ring substituents is 1. The summed E-state index contributed by atoms with van der Waals surface area (Å²) >= 11 is 0. The second kappa shape index (κ2) is 4.73. The molecule has 18 heavy (non-hydrogen) atoms. The van der Waals surface area contributed by atoms with Crippen LogP contribution in [0.1, 0.15) is 42.3 Å². The highest BCUT2D eigenvalue weighted by Crippen LogP contribution is 2.36. The zero-order valence-electron chi connectivity index (χ0n) is 10.4. The van der Waals surface area contributed by atoms with Gasteiger partial charge in [-0.15, -0.1) is 0 Å². The van der Waals surface area contributed by atoms with Crippen molar-refractivity contribution in [2.45, 2.75) is 32.8 Å². The maximum absolute atomic E-state index is 11.2. The van der Waals surface area contributed by atoms with E-state index in [1.54, 1.807) is 20.8 Å². The number of benzene rings is 1. The number of carbonyl (C=O) groups is 1. The molecular weight excluding hydrogens is 238 g/mol. The van der Waals surface area contributed by atoms with Crippen molar-refractivity contribution in [2.75, 3.05) is 0 Å². The number of hydrogen-bond donors (Lipinski definition) is 2. The molecule has 6 heteroatoms. The standard InChI is InChI=1S/C12H15NO5/c1-12(2,3)9-8(11(15)16)5-4-7(6-14)10(9)13(17)18/h4-5,14H,6H2,1-3H3,(H,15,16).